The molecule has 0 aromatic heterocycles. The summed E-state index contributed by atoms with van der Waals surface area (Å²) in [4.78, 5) is 20.4. The second-order valence-corrected chi connectivity index (χ2v) is 5.82. The molecule has 1 radical (unpaired) electrons. The van der Waals surface area contributed by atoms with Gasteiger partial charge < -0.3 is 15.8 Å². The Morgan fingerprint density at radius 3 is 2.19 bits per heavy atom. The Kier molecular flexibility index (Phi) is 25.0. The van der Waals surface area contributed by atoms with Crippen LogP contribution in [0.4, 0.5) is 0 Å². The van der Waals surface area contributed by atoms with Gasteiger partial charge in [0.15, 0.2) is 0 Å². The molecule has 0 aliphatic heterocycles. The minimum absolute atomic E-state index is 0. The average Bonchev–Trinajstić information content (AvgIpc) is 2.58. The minimum atomic E-state index is 0. The molecule has 1 aromatic carbocycles. The zero-order valence-corrected chi connectivity index (χ0v) is 18.6. The maximum absolute atomic E-state index is 11.6. The molecule has 1 rings (SSSR count). The number of carbonyl (C=O) groups is 2. The van der Waals surface area contributed by atoms with Crippen molar-refractivity contribution >= 4 is 12.2 Å². The van der Waals surface area contributed by atoms with Crippen molar-refractivity contribution < 1.29 is 28.1 Å². The predicted molar refractivity (Wildman–Crippen MR) is 108 cm³/mol. The number of aldehydes is 1. The summed E-state index contributed by atoms with van der Waals surface area (Å²) in [5.41, 5.74) is 9.97. The molecule has 149 valence electrons. The van der Waals surface area contributed by atoms with Gasteiger partial charge in [0.05, 0.1) is 0 Å². The van der Waals surface area contributed by atoms with Crippen LogP contribution in [0.25, 0.3) is 5.73 Å². The molecule has 0 saturated heterocycles. The normalized spacial score (nSPS) is 10.1. The number of aryl methyl sites for hydroxylation is 2. The van der Waals surface area contributed by atoms with Crippen LogP contribution in [0, 0.1) is 6.92 Å². The topological polar surface area (TPSA) is 70.0 Å². The van der Waals surface area contributed by atoms with Crippen molar-refractivity contribution in [3.05, 3.63) is 41.1 Å². The summed E-state index contributed by atoms with van der Waals surface area (Å²) < 4.78 is 0. The zero-order valence-electron chi connectivity index (χ0n) is 17.2. The van der Waals surface area contributed by atoms with Crippen molar-refractivity contribution in [3.8, 4) is 0 Å². The summed E-state index contributed by atoms with van der Waals surface area (Å²) in [7, 11) is 0. The van der Waals surface area contributed by atoms with E-state index in [2.05, 4.69) is 36.5 Å². The first-order chi connectivity index (χ1) is 12.0. The third-order valence-corrected chi connectivity index (χ3v) is 3.38. The predicted octanol–water partition coefficient (Wildman–Crippen LogP) is 5.27. The van der Waals surface area contributed by atoms with E-state index in [9.17, 15) is 4.79 Å². The molecule has 0 spiro atoms. The number of hydrogen-bond acceptors (Lipinski definition) is 2. The molecule has 4 nitrogen and oxygen atoms in total. The second kappa shape index (κ2) is 21.9. The van der Waals surface area contributed by atoms with Gasteiger partial charge in [0.25, 0.3) is 0 Å². The van der Waals surface area contributed by atoms with Gasteiger partial charge in [0.2, 0.25) is 5.91 Å². The maximum atomic E-state index is 11.6. The Bertz CT molecular complexity index is 434. The van der Waals surface area contributed by atoms with E-state index in [1.807, 2.05) is 20.8 Å². The van der Waals surface area contributed by atoms with Crippen LogP contribution in [0.2, 0.25) is 0 Å². The number of carbonyl (C=O) groups excluding carboxylic acids is 2. The Morgan fingerprint density at radius 1 is 1.15 bits per heavy atom. The van der Waals surface area contributed by atoms with Crippen molar-refractivity contribution in [1.29, 1.82) is 0 Å². The van der Waals surface area contributed by atoms with Crippen molar-refractivity contribution in [2.45, 2.75) is 79.2 Å². The third kappa shape index (κ3) is 20.9. The molecule has 2 N–H and O–H groups in total. The van der Waals surface area contributed by atoms with E-state index in [-0.39, 0.29) is 30.5 Å². The monoisotopic (exact) mass is 400 g/mol. The minimum Gasteiger partial charge on any atom is -0.675 e. The van der Waals surface area contributed by atoms with E-state index in [1.54, 1.807) is 0 Å². The summed E-state index contributed by atoms with van der Waals surface area (Å²) in [5, 5.41) is 2.95. The van der Waals surface area contributed by atoms with E-state index in [0.717, 1.165) is 44.9 Å². The number of hydrogen-bond donors (Lipinski definition) is 1. The summed E-state index contributed by atoms with van der Waals surface area (Å²) in [6, 6.07) is 8.51. The van der Waals surface area contributed by atoms with E-state index in [1.165, 1.54) is 18.1 Å². The van der Waals surface area contributed by atoms with Gasteiger partial charge in [-0.15, -0.1) is 6.04 Å². The zero-order chi connectivity index (χ0) is 19.5. The Hall–Kier alpha value is -1.10. The van der Waals surface area contributed by atoms with E-state index >= 15 is 0 Å². The molecule has 0 heterocycles. The number of nitrogens with one attached hydrogen (secondary N) is 2. The smallest absolute Gasteiger partial charge is 0.220 e. The molecule has 1 unspecified atom stereocenters. The van der Waals surface area contributed by atoms with Crippen LogP contribution < -0.4 is 5.32 Å². The third-order valence-electron chi connectivity index (χ3n) is 3.38. The van der Waals surface area contributed by atoms with Crippen LogP contribution in [0.5, 0.6) is 0 Å². The molecule has 0 bridgehead atoms. The summed E-state index contributed by atoms with van der Waals surface area (Å²) in [6.45, 7) is 10.2. The quantitative estimate of drug-likeness (QED) is 0.453. The molecule has 0 aliphatic rings. The SMILES string of the molecule is CC.CC=O.Cc1ccc(CCCC(=O)NCCCCC(C)[NH-])cc1.[V]. The first-order valence-corrected chi connectivity index (χ1v) is 9.42. The van der Waals surface area contributed by atoms with E-state index < -0.39 is 0 Å². The Labute approximate surface area is 172 Å². The van der Waals surface area contributed by atoms with Gasteiger partial charge in [0.1, 0.15) is 6.29 Å². The summed E-state index contributed by atoms with van der Waals surface area (Å²) in [6.07, 6.45) is 6.13. The van der Waals surface area contributed by atoms with Crippen molar-refractivity contribution in [2.75, 3.05) is 6.54 Å². The van der Waals surface area contributed by atoms with Gasteiger partial charge in [-0.1, -0.05) is 63.4 Å². The van der Waals surface area contributed by atoms with Gasteiger partial charge in [0, 0.05) is 31.5 Å². The molecular formula is C21H37N2O2V-. The van der Waals surface area contributed by atoms with Crippen molar-refractivity contribution in [2.24, 2.45) is 0 Å². The first kappa shape index (κ1) is 29.7. The van der Waals surface area contributed by atoms with Crippen LogP contribution in [0.15, 0.2) is 24.3 Å². The summed E-state index contributed by atoms with van der Waals surface area (Å²) >= 11 is 0. The Balaban J connectivity index is -0.000000796. The van der Waals surface area contributed by atoms with Crippen LogP contribution in [0.1, 0.15) is 70.9 Å². The number of amides is 1. The molecule has 26 heavy (non-hydrogen) atoms. The molecular weight excluding hydrogens is 363 g/mol. The van der Waals surface area contributed by atoms with E-state index in [4.69, 9.17) is 10.5 Å². The van der Waals surface area contributed by atoms with E-state index in [0.29, 0.717) is 6.42 Å². The van der Waals surface area contributed by atoms with Gasteiger partial charge >= 0.3 is 0 Å². The van der Waals surface area contributed by atoms with Gasteiger partial charge in [-0.2, -0.15) is 0 Å². The van der Waals surface area contributed by atoms with Crippen LogP contribution in [-0.2, 0) is 34.6 Å². The molecule has 5 heteroatoms. The van der Waals surface area contributed by atoms with Gasteiger partial charge in [-0.05, 0) is 38.7 Å². The second-order valence-electron chi connectivity index (χ2n) is 5.82. The molecule has 1 aromatic rings. The number of unbranched alkanes of at least 4 members (excludes halogenated alkanes) is 1. The molecule has 1 amide bonds. The van der Waals surface area contributed by atoms with Crippen LogP contribution in [0.3, 0.4) is 0 Å². The fourth-order valence-electron chi connectivity index (χ4n) is 2.10. The molecule has 0 fully saturated rings. The van der Waals surface area contributed by atoms with Crippen LogP contribution in [-0.4, -0.2) is 24.8 Å². The molecule has 1 atom stereocenters. The van der Waals surface area contributed by atoms with Crippen molar-refractivity contribution in [1.82, 2.24) is 5.32 Å². The molecule has 0 aliphatic carbocycles. The van der Waals surface area contributed by atoms with Crippen LogP contribution >= 0.6 is 0 Å². The van der Waals surface area contributed by atoms with Gasteiger partial charge in [-0.25, -0.2) is 0 Å². The summed E-state index contributed by atoms with van der Waals surface area (Å²) in [5.74, 6) is 0.149. The molecule has 0 saturated carbocycles. The fourth-order valence-corrected chi connectivity index (χ4v) is 2.10. The fraction of sp³-hybridized carbons (Fsp3) is 0.619. The van der Waals surface area contributed by atoms with Crippen molar-refractivity contribution in [3.63, 3.8) is 0 Å². The largest absolute Gasteiger partial charge is 0.675 e. The standard InChI is InChI=1S/C17H27N2O.C2H4O.C2H6.V/c1-14-9-11-16(12-10-14)7-5-8-17(20)19-13-4-3-6-15(2)18;1-2-3;1-2;/h9-12,15,18H,3-8,13H2,1-2H3,(H,19,20);2H,1H3;1-2H3;/q-1;;;. The number of benzene rings is 1. The number of rotatable bonds is 9. The maximum Gasteiger partial charge on any atom is 0.220 e. The average molecular weight is 400 g/mol. The van der Waals surface area contributed by atoms with Gasteiger partial charge in [-0.3, -0.25) is 4.79 Å². The first-order valence-electron chi connectivity index (χ1n) is 9.42. The Morgan fingerprint density at radius 2 is 1.69 bits per heavy atom.